The van der Waals surface area contributed by atoms with Gasteiger partial charge < -0.3 is 14.0 Å². The standard InChI is InChI=1S/C16H17FN4O3S/c1-20-9-11(15(19-20)24-3)14(22)18-16-21(6-7-23-2)12-5-4-10(17)8-13(12)25-16/h4-5,8-9H,6-7H2,1-3H3. The largest absolute Gasteiger partial charge is 0.479 e. The lowest BCUT2D eigenvalue weighted by Crippen LogP contribution is -2.19. The summed E-state index contributed by atoms with van der Waals surface area (Å²) in [6, 6.07) is 4.48. The number of ether oxygens (including phenoxy) is 2. The topological polar surface area (TPSA) is 70.6 Å². The van der Waals surface area contributed by atoms with Gasteiger partial charge in [0.2, 0.25) is 5.88 Å². The van der Waals surface area contributed by atoms with Crippen LogP contribution >= 0.6 is 11.3 Å². The number of carbonyl (C=O) groups excluding carboxylic acids is 1. The first-order chi connectivity index (χ1) is 12.0. The Morgan fingerprint density at radius 1 is 1.40 bits per heavy atom. The van der Waals surface area contributed by atoms with E-state index in [1.807, 2.05) is 4.57 Å². The number of aryl methyl sites for hydroxylation is 1. The molecular formula is C16H17FN4O3S. The van der Waals surface area contributed by atoms with Gasteiger partial charge in [0, 0.05) is 26.9 Å². The molecule has 0 bridgehead atoms. The second kappa shape index (κ2) is 7.16. The van der Waals surface area contributed by atoms with Gasteiger partial charge in [-0.3, -0.25) is 9.48 Å². The van der Waals surface area contributed by atoms with Crippen LogP contribution in [0, 0.1) is 5.82 Å². The maximum Gasteiger partial charge on any atom is 0.286 e. The van der Waals surface area contributed by atoms with Crippen molar-refractivity contribution in [2.24, 2.45) is 12.0 Å². The van der Waals surface area contributed by atoms with Crippen LogP contribution in [0.5, 0.6) is 5.88 Å². The number of benzene rings is 1. The SMILES string of the molecule is COCCn1c(=NC(=O)c2cn(C)nc2OC)sc2cc(F)ccc21. The maximum atomic E-state index is 13.5. The summed E-state index contributed by atoms with van der Waals surface area (Å²) in [7, 11) is 4.73. The molecule has 0 atom stereocenters. The van der Waals surface area contributed by atoms with E-state index in [1.54, 1.807) is 26.4 Å². The molecule has 0 N–H and O–H groups in total. The summed E-state index contributed by atoms with van der Waals surface area (Å²) >= 11 is 1.24. The number of nitrogens with zero attached hydrogens (tertiary/aromatic N) is 4. The molecule has 0 saturated carbocycles. The molecule has 0 spiro atoms. The van der Waals surface area contributed by atoms with Crippen molar-refractivity contribution >= 4 is 27.5 Å². The highest BCUT2D eigenvalue weighted by Crippen LogP contribution is 2.20. The first kappa shape index (κ1) is 17.3. The summed E-state index contributed by atoms with van der Waals surface area (Å²) < 4.78 is 27.8. The molecule has 0 unspecified atom stereocenters. The second-order valence-electron chi connectivity index (χ2n) is 5.28. The van der Waals surface area contributed by atoms with E-state index >= 15 is 0 Å². The van der Waals surface area contributed by atoms with E-state index in [-0.39, 0.29) is 17.3 Å². The number of amides is 1. The van der Waals surface area contributed by atoms with Gasteiger partial charge in [0.25, 0.3) is 5.91 Å². The average Bonchev–Trinajstić information content (AvgIpc) is 3.12. The molecule has 1 amide bonds. The molecule has 2 heterocycles. The fourth-order valence-electron chi connectivity index (χ4n) is 2.44. The Morgan fingerprint density at radius 3 is 2.92 bits per heavy atom. The molecule has 1 aromatic carbocycles. The number of halogens is 1. The molecule has 9 heteroatoms. The molecule has 2 aromatic heterocycles. The lowest BCUT2D eigenvalue weighted by atomic mass is 10.3. The van der Waals surface area contributed by atoms with Gasteiger partial charge in [-0.05, 0) is 18.2 Å². The monoisotopic (exact) mass is 364 g/mol. The van der Waals surface area contributed by atoms with Gasteiger partial charge in [0.15, 0.2) is 4.80 Å². The fraction of sp³-hybridized carbons (Fsp3) is 0.312. The minimum absolute atomic E-state index is 0.215. The van der Waals surface area contributed by atoms with Crippen LogP contribution in [0.1, 0.15) is 10.4 Å². The van der Waals surface area contributed by atoms with Crippen LogP contribution in [0.2, 0.25) is 0 Å². The van der Waals surface area contributed by atoms with Crippen molar-refractivity contribution in [1.29, 1.82) is 0 Å². The molecular weight excluding hydrogens is 347 g/mol. The van der Waals surface area contributed by atoms with E-state index in [1.165, 1.54) is 35.3 Å². The van der Waals surface area contributed by atoms with Crippen molar-refractivity contribution in [3.8, 4) is 5.88 Å². The van der Waals surface area contributed by atoms with Crippen molar-refractivity contribution in [3.63, 3.8) is 0 Å². The summed E-state index contributed by atoms with van der Waals surface area (Å²) in [4.78, 5) is 17.2. The third kappa shape index (κ3) is 3.47. The van der Waals surface area contributed by atoms with E-state index in [4.69, 9.17) is 9.47 Å². The van der Waals surface area contributed by atoms with Gasteiger partial charge in [0.1, 0.15) is 11.4 Å². The van der Waals surface area contributed by atoms with Gasteiger partial charge in [-0.15, -0.1) is 5.10 Å². The van der Waals surface area contributed by atoms with Gasteiger partial charge in [-0.25, -0.2) is 4.39 Å². The highest BCUT2D eigenvalue weighted by molar-refractivity contribution is 7.16. The fourth-order valence-corrected chi connectivity index (χ4v) is 3.52. The smallest absolute Gasteiger partial charge is 0.286 e. The van der Waals surface area contributed by atoms with Gasteiger partial charge in [-0.2, -0.15) is 4.99 Å². The average molecular weight is 364 g/mol. The Bertz CT molecular complexity index is 989. The maximum absolute atomic E-state index is 13.5. The van der Waals surface area contributed by atoms with Crippen LogP contribution in [0.15, 0.2) is 29.4 Å². The lowest BCUT2D eigenvalue weighted by molar-refractivity contribution is 0.0994. The highest BCUT2D eigenvalue weighted by Gasteiger charge is 2.17. The zero-order valence-corrected chi connectivity index (χ0v) is 14.8. The van der Waals surface area contributed by atoms with E-state index in [0.717, 1.165) is 5.52 Å². The molecule has 132 valence electrons. The third-order valence-electron chi connectivity index (χ3n) is 3.58. The van der Waals surface area contributed by atoms with Crippen LogP contribution in [-0.2, 0) is 18.3 Å². The van der Waals surface area contributed by atoms with Crippen LogP contribution in [-0.4, -0.2) is 41.1 Å². The highest BCUT2D eigenvalue weighted by atomic mass is 32.1. The van der Waals surface area contributed by atoms with Crippen molar-refractivity contribution in [3.05, 3.63) is 40.6 Å². The first-order valence-corrected chi connectivity index (χ1v) is 8.29. The normalized spacial score (nSPS) is 12.1. The van der Waals surface area contributed by atoms with Crippen LogP contribution in [0.3, 0.4) is 0 Å². The van der Waals surface area contributed by atoms with Gasteiger partial charge in [0.05, 0.1) is 23.9 Å². The van der Waals surface area contributed by atoms with Gasteiger partial charge >= 0.3 is 0 Å². The van der Waals surface area contributed by atoms with Crippen molar-refractivity contribution in [2.75, 3.05) is 20.8 Å². The number of thiazole rings is 1. The number of hydrogen-bond donors (Lipinski definition) is 0. The second-order valence-corrected chi connectivity index (χ2v) is 6.29. The zero-order chi connectivity index (χ0) is 18.0. The minimum atomic E-state index is -0.469. The minimum Gasteiger partial charge on any atom is -0.479 e. The molecule has 25 heavy (non-hydrogen) atoms. The molecule has 0 aliphatic heterocycles. The zero-order valence-electron chi connectivity index (χ0n) is 14.0. The predicted octanol–water partition coefficient (Wildman–Crippen LogP) is 1.97. The van der Waals surface area contributed by atoms with Crippen LogP contribution in [0.4, 0.5) is 4.39 Å². The summed E-state index contributed by atoms with van der Waals surface area (Å²) in [5.74, 6) is -0.588. The third-order valence-corrected chi connectivity index (χ3v) is 4.62. The van der Waals surface area contributed by atoms with E-state index < -0.39 is 5.91 Å². The quantitative estimate of drug-likeness (QED) is 0.694. The van der Waals surface area contributed by atoms with E-state index in [9.17, 15) is 9.18 Å². The first-order valence-electron chi connectivity index (χ1n) is 7.48. The molecule has 0 radical (unpaired) electrons. The molecule has 0 saturated heterocycles. The van der Waals surface area contributed by atoms with Crippen LogP contribution in [0.25, 0.3) is 10.2 Å². The Labute approximate surface area is 146 Å². The Morgan fingerprint density at radius 2 is 2.20 bits per heavy atom. The summed E-state index contributed by atoms with van der Waals surface area (Å²) in [6.07, 6.45) is 1.55. The lowest BCUT2D eigenvalue weighted by Gasteiger charge is -2.04. The van der Waals surface area contributed by atoms with E-state index in [2.05, 4.69) is 10.1 Å². The number of carbonyl (C=O) groups is 1. The summed E-state index contributed by atoms with van der Waals surface area (Å²) in [6.45, 7) is 0.944. The number of methoxy groups -OCH3 is 2. The molecule has 0 aliphatic rings. The Balaban J connectivity index is 2.12. The molecule has 3 aromatic rings. The predicted molar refractivity (Wildman–Crippen MR) is 91.3 cm³/mol. The van der Waals surface area contributed by atoms with Crippen molar-refractivity contribution < 1.29 is 18.7 Å². The van der Waals surface area contributed by atoms with Gasteiger partial charge in [-0.1, -0.05) is 11.3 Å². The number of hydrogen-bond acceptors (Lipinski definition) is 5. The van der Waals surface area contributed by atoms with Crippen molar-refractivity contribution in [2.45, 2.75) is 6.54 Å². The Kier molecular flexibility index (Phi) is 4.95. The number of fused-ring (bicyclic) bond motifs is 1. The van der Waals surface area contributed by atoms with Crippen LogP contribution < -0.4 is 9.54 Å². The molecule has 0 fully saturated rings. The summed E-state index contributed by atoms with van der Waals surface area (Å²) in [5, 5.41) is 4.06. The van der Waals surface area contributed by atoms with Crippen molar-refractivity contribution in [1.82, 2.24) is 14.3 Å². The molecule has 3 rings (SSSR count). The van der Waals surface area contributed by atoms with E-state index in [0.29, 0.717) is 22.7 Å². The molecule has 7 nitrogen and oxygen atoms in total. The number of aromatic nitrogens is 3. The molecule has 0 aliphatic carbocycles. The number of rotatable bonds is 5. The Hall–Kier alpha value is -2.52. The summed E-state index contributed by atoms with van der Waals surface area (Å²) in [5.41, 5.74) is 1.07.